The second-order valence-corrected chi connectivity index (χ2v) is 6.96. The molecule has 1 heterocycles. The lowest BCUT2D eigenvalue weighted by Gasteiger charge is -2.12. The summed E-state index contributed by atoms with van der Waals surface area (Å²) in [5.74, 6) is 2.13. The van der Waals surface area contributed by atoms with Gasteiger partial charge >= 0.3 is 5.95 Å². The van der Waals surface area contributed by atoms with Gasteiger partial charge < -0.3 is 27.0 Å². The van der Waals surface area contributed by atoms with Gasteiger partial charge in [0.05, 0.1) is 13.7 Å². The van der Waals surface area contributed by atoms with Crippen LogP contribution in [0, 0.1) is 0 Å². The highest BCUT2D eigenvalue weighted by Crippen LogP contribution is 2.19. The summed E-state index contributed by atoms with van der Waals surface area (Å²) in [4.78, 5) is 0. The van der Waals surface area contributed by atoms with Crippen LogP contribution in [-0.4, -0.2) is 29.5 Å². The summed E-state index contributed by atoms with van der Waals surface area (Å²) in [6, 6.07) is 15.4. The van der Waals surface area contributed by atoms with E-state index in [1.54, 1.807) is 7.11 Å². The molecule has 0 aliphatic carbocycles. The lowest BCUT2D eigenvalue weighted by atomic mass is 10.2. The third kappa shape index (κ3) is 5.55. The van der Waals surface area contributed by atoms with Crippen molar-refractivity contribution in [2.75, 3.05) is 19.5 Å². The van der Waals surface area contributed by atoms with Crippen molar-refractivity contribution in [3.8, 4) is 11.5 Å². The quantitative estimate of drug-likeness (QED) is 0.362. The van der Waals surface area contributed by atoms with Crippen LogP contribution in [0.5, 0.6) is 11.5 Å². The van der Waals surface area contributed by atoms with Gasteiger partial charge in [0.1, 0.15) is 41.8 Å². The summed E-state index contributed by atoms with van der Waals surface area (Å²) >= 11 is 0. The Kier molecular flexibility index (Phi) is 8.61. The smallest absolute Gasteiger partial charge is 0.356 e. The van der Waals surface area contributed by atoms with E-state index in [1.165, 1.54) is 12.8 Å². The number of unbranched alkanes of at least 4 members (excludes halogenated alkanes) is 2. The molecule has 0 saturated heterocycles. The number of hydrogen-bond acceptors (Lipinski definition) is 4. The number of hydrogen-bond donors (Lipinski definition) is 2. The SMILES string of the molecule is CCCCCn1c(N)[n+](CC(O)COc2ccc(OC)cc2)c2ccccc21.[Cl-]. The molecule has 0 aliphatic rings. The predicted octanol–water partition coefficient (Wildman–Crippen LogP) is 0.154. The molecule has 0 saturated carbocycles. The zero-order valence-electron chi connectivity index (χ0n) is 17.1. The zero-order chi connectivity index (χ0) is 19.9. The number of methoxy groups -OCH3 is 1. The van der Waals surface area contributed by atoms with Crippen LogP contribution >= 0.6 is 0 Å². The van der Waals surface area contributed by atoms with Crippen molar-refractivity contribution in [2.45, 2.75) is 45.4 Å². The van der Waals surface area contributed by atoms with Crippen molar-refractivity contribution in [2.24, 2.45) is 0 Å². The number of imidazole rings is 1. The molecule has 1 aromatic heterocycles. The molecule has 3 N–H and O–H groups in total. The molecule has 0 aliphatic heterocycles. The summed E-state index contributed by atoms with van der Waals surface area (Å²) in [5, 5.41) is 10.5. The van der Waals surface area contributed by atoms with Gasteiger partial charge in [0, 0.05) is 0 Å². The van der Waals surface area contributed by atoms with Crippen molar-refractivity contribution in [3.63, 3.8) is 0 Å². The highest BCUT2D eigenvalue weighted by molar-refractivity contribution is 5.73. The first kappa shape index (κ1) is 22.8. The molecule has 158 valence electrons. The third-order valence-electron chi connectivity index (χ3n) is 4.90. The van der Waals surface area contributed by atoms with E-state index in [9.17, 15) is 5.11 Å². The number of aliphatic hydroxyl groups is 1. The first-order chi connectivity index (χ1) is 13.6. The van der Waals surface area contributed by atoms with Crippen molar-refractivity contribution >= 4 is 17.0 Å². The van der Waals surface area contributed by atoms with E-state index in [0.717, 1.165) is 29.7 Å². The van der Waals surface area contributed by atoms with E-state index in [1.807, 2.05) is 47.0 Å². The highest BCUT2D eigenvalue weighted by Gasteiger charge is 2.22. The third-order valence-corrected chi connectivity index (χ3v) is 4.90. The number of nitrogens with zero attached hydrogens (tertiary/aromatic N) is 2. The maximum absolute atomic E-state index is 10.5. The summed E-state index contributed by atoms with van der Waals surface area (Å²) in [6.45, 7) is 3.64. The molecule has 3 aromatic rings. The minimum absolute atomic E-state index is 0. The lowest BCUT2D eigenvalue weighted by Crippen LogP contribution is -3.00. The van der Waals surface area contributed by atoms with Crippen LogP contribution in [0.1, 0.15) is 26.2 Å². The van der Waals surface area contributed by atoms with Crippen LogP contribution in [0.2, 0.25) is 0 Å². The Hall–Kier alpha value is -2.44. The Morgan fingerprint density at radius 3 is 2.45 bits per heavy atom. The number of fused-ring (bicyclic) bond motifs is 1. The standard InChI is InChI=1S/C22H29N3O3.ClH/c1-3-4-7-14-24-20-8-5-6-9-21(20)25(22(24)23)15-17(26)16-28-19-12-10-18(27-2)11-13-19;/h5-6,8-13,17,23,26H,3-4,7,14-16H2,1-2H3;1H. The van der Waals surface area contributed by atoms with Gasteiger partial charge in [0.15, 0.2) is 0 Å². The molecule has 0 bridgehead atoms. The first-order valence-corrected chi connectivity index (χ1v) is 9.85. The van der Waals surface area contributed by atoms with Gasteiger partial charge in [0.25, 0.3) is 0 Å². The average Bonchev–Trinajstić information content (AvgIpc) is 2.99. The van der Waals surface area contributed by atoms with Gasteiger partial charge in [-0.05, 0) is 42.8 Å². The van der Waals surface area contributed by atoms with Gasteiger partial charge in [-0.2, -0.15) is 0 Å². The average molecular weight is 420 g/mol. The Labute approximate surface area is 178 Å². The number of ether oxygens (including phenoxy) is 2. The largest absolute Gasteiger partial charge is 1.00 e. The number of benzene rings is 2. The Morgan fingerprint density at radius 2 is 1.76 bits per heavy atom. The van der Waals surface area contributed by atoms with Crippen molar-refractivity contribution < 1.29 is 31.6 Å². The van der Waals surface area contributed by atoms with Crippen LogP contribution in [0.25, 0.3) is 11.0 Å². The number of nitrogen functional groups attached to an aromatic ring is 1. The molecule has 1 unspecified atom stereocenters. The van der Waals surface area contributed by atoms with Gasteiger partial charge in [-0.3, -0.25) is 5.73 Å². The van der Waals surface area contributed by atoms with Gasteiger partial charge in [-0.15, -0.1) is 0 Å². The monoisotopic (exact) mass is 419 g/mol. The van der Waals surface area contributed by atoms with E-state index in [0.29, 0.717) is 18.2 Å². The first-order valence-electron chi connectivity index (χ1n) is 9.85. The topological polar surface area (TPSA) is 73.5 Å². The van der Waals surface area contributed by atoms with Crippen molar-refractivity contribution in [1.82, 2.24) is 4.57 Å². The fourth-order valence-electron chi connectivity index (χ4n) is 3.39. The molecule has 0 amide bonds. The molecule has 29 heavy (non-hydrogen) atoms. The second-order valence-electron chi connectivity index (χ2n) is 6.96. The maximum atomic E-state index is 10.5. The van der Waals surface area contributed by atoms with Crippen molar-refractivity contribution in [1.29, 1.82) is 0 Å². The minimum atomic E-state index is -0.677. The molecule has 0 fully saturated rings. The number of halogens is 1. The fraction of sp³-hybridized carbons (Fsp3) is 0.409. The van der Waals surface area contributed by atoms with E-state index in [-0.39, 0.29) is 19.0 Å². The van der Waals surface area contributed by atoms with E-state index in [2.05, 4.69) is 17.6 Å². The predicted molar refractivity (Wildman–Crippen MR) is 111 cm³/mol. The number of nitrogens with two attached hydrogens (primary N) is 1. The molecule has 6 nitrogen and oxygen atoms in total. The second kappa shape index (κ2) is 10.9. The number of aryl methyl sites for hydroxylation is 1. The molecule has 0 radical (unpaired) electrons. The van der Waals surface area contributed by atoms with Crippen LogP contribution in [-0.2, 0) is 13.1 Å². The number of rotatable bonds is 10. The van der Waals surface area contributed by atoms with Gasteiger partial charge in [0.2, 0.25) is 0 Å². The Bertz CT molecular complexity index is 896. The highest BCUT2D eigenvalue weighted by atomic mass is 35.5. The van der Waals surface area contributed by atoms with Crippen LogP contribution < -0.4 is 32.2 Å². The molecule has 0 spiro atoms. The van der Waals surface area contributed by atoms with Crippen LogP contribution in [0.15, 0.2) is 48.5 Å². The van der Waals surface area contributed by atoms with E-state index in [4.69, 9.17) is 15.2 Å². The maximum Gasteiger partial charge on any atom is 0.356 e. The summed E-state index contributed by atoms with van der Waals surface area (Å²) < 4.78 is 15.0. The summed E-state index contributed by atoms with van der Waals surface area (Å²) in [7, 11) is 1.62. The number of aliphatic hydroxyl groups excluding tert-OH is 1. The molecule has 7 heteroatoms. The normalized spacial score (nSPS) is 11.8. The van der Waals surface area contributed by atoms with E-state index < -0.39 is 6.10 Å². The van der Waals surface area contributed by atoms with Crippen LogP contribution in [0.3, 0.4) is 0 Å². The molecular formula is C22H30ClN3O3. The number of para-hydroxylation sites is 2. The lowest BCUT2D eigenvalue weighted by molar-refractivity contribution is -0.665. The zero-order valence-corrected chi connectivity index (χ0v) is 17.8. The van der Waals surface area contributed by atoms with Gasteiger partial charge in [-0.25, -0.2) is 9.13 Å². The molecular weight excluding hydrogens is 390 g/mol. The Morgan fingerprint density at radius 1 is 1.07 bits per heavy atom. The molecule has 3 rings (SSSR count). The van der Waals surface area contributed by atoms with E-state index >= 15 is 0 Å². The number of aromatic nitrogens is 2. The number of anilines is 1. The minimum Gasteiger partial charge on any atom is -1.00 e. The summed E-state index contributed by atoms with van der Waals surface area (Å²) in [6.07, 6.45) is 2.75. The summed E-state index contributed by atoms with van der Waals surface area (Å²) in [5.41, 5.74) is 8.57. The van der Waals surface area contributed by atoms with Crippen molar-refractivity contribution in [3.05, 3.63) is 48.5 Å². The van der Waals surface area contributed by atoms with Crippen LogP contribution in [0.4, 0.5) is 5.95 Å². The van der Waals surface area contributed by atoms with Gasteiger partial charge in [-0.1, -0.05) is 31.9 Å². The Balaban J connectivity index is 0.00000300. The fourth-order valence-corrected chi connectivity index (χ4v) is 3.39. The molecule has 1 atom stereocenters. The molecule has 2 aromatic carbocycles.